The molecule has 2 aromatic carbocycles. The van der Waals surface area contributed by atoms with Crippen LogP contribution in [0.25, 0.3) is 0 Å². The lowest BCUT2D eigenvalue weighted by Crippen LogP contribution is -1.98. The van der Waals surface area contributed by atoms with E-state index in [0.717, 1.165) is 10.0 Å². The van der Waals surface area contributed by atoms with Crippen molar-refractivity contribution in [3.8, 4) is 11.8 Å². The quantitative estimate of drug-likeness (QED) is 0.665. The highest BCUT2D eigenvalue weighted by Crippen LogP contribution is 2.26. The summed E-state index contributed by atoms with van der Waals surface area (Å²) in [6, 6.07) is 14.8. The van der Waals surface area contributed by atoms with E-state index in [0.29, 0.717) is 16.2 Å². The van der Waals surface area contributed by atoms with Gasteiger partial charge >= 0.3 is 5.97 Å². The number of thioether (sulfide) groups is 1. The van der Waals surface area contributed by atoms with E-state index in [-0.39, 0.29) is 0 Å². The van der Waals surface area contributed by atoms with Crippen LogP contribution in [0.4, 0.5) is 0 Å². The number of halogens is 1. The van der Waals surface area contributed by atoms with Gasteiger partial charge in [-0.25, -0.2) is 4.79 Å². The predicted molar refractivity (Wildman–Crippen MR) is 85.1 cm³/mol. The molecule has 0 aliphatic heterocycles. The Kier molecular flexibility index (Phi) is 5.28. The Bertz CT molecular complexity index is 672. The van der Waals surface area contributed by atoms with Gasteiger partial charge in [-0.3, -0.25) is 0 Å². The lowest BCUT2D eigenvalue weighted by molar-refractivity contribution is 0.0693. The Balaban J connectivity index is 2.06. The lowest BCUT2D eigenvalue weighted by Gasteiger charge is -2.04. The predicted octanol–water partition coefficient (Wildman–Crippen LogP) is 4.29. The zero-order chi connectivity index (χ0) is 14.4. The summed E-state index contributed by atoms with van der Waals surface area (Å²) in [6.45, 7) is 0. The first kappa shape index (κ1) is 14.7. The van der Waals surface area contributed by atoms with Crippen LogP contribution in [0.15, 0.2) is 57.9 Å². The SMILES string of the molecule is O=C(O)c1ccc(Br)cc1SCC#Cc1ccccc1. The van der Waals surface area contributed by atoms with E-state index >= 15 is 0 Å². The fraction of sp³-hybridized carbons (Fsp3) is 0.0625. The molecule has 0 saturated carbocycles. The Morgan fingerprint density at radius 2 is 1.95 bits per heavy atom. The molecule has 20 heavy (non-hydrogen) atoms. The Labute approximate surface area is 130 Å². The maximum Gasteiger partial charge on any atom is 0.336 e. The van der Waals surface area contributed by atoms with E-state index in [1.54, 1.807) is 18.2 Å². The second-order valence-electron chi connectivity index (χ2n) is 3.90. The summed E-state index contributed by atoms with van der Waals surface area (Å²) in [5.41, 5.74) is 1.26. The summed E-state index contributed by atoms with van der Waals surface area (Å²) in [4.78, 5) is 11.8. The lowest BCUT2D eigenvalue weighted by atomic mass is 10.2. The Morgan fingerprint density at radius 3 is 2.65 bits per heavy atom. The molecule has 0 amide bonds. The van der Waals surface area contributed by atoms with Gasteiger partial charge in [0.1, 0.15) is 0 Å². The molecule has 0 unspecified atom stereocenters. The number of benzene rings is 2. The third kappa shape index (κ3) is 4.16. The molecule has 0 aliphatic carbocycles. The van der Waals surface area contributed by atoms with Gasteiger partial charge in [-0.05, 0) is 30.3 Å². The zero-order valence-electron chi connectivity index (χ0n) is 10.5. The second kappa shape index (κ2) is 7.18. The van der Waals surface area contributed by atoms with Crippen LogP contribution in [0.1, 0.15) is 15.9 Å². The average Bonchev–Trinajstić information content (AvgIpc) is 2.44. The van der Waals surface area contributed by atoms with Crippen LogP contribution in [0.5, 0.6) is 0 Å². The highest BCUT2D eigenvalue weighted by molar-refractivity contribution is 9.10. The van der Waals surface area contributed by atoms with E-state index in [4.69, 9.17) is 5.11 Å². The molecular formula is C16H11BrO2S. The van der Waals surface area contributed by atoms with Crippen molar-refractivity contribution in [2.75, 3.05) is 5.75 Å². The van der Waals surface area contributed by atoms with E-state index in [1.807, 2.05) is 30.3 Å². The first-order valence-electron chi connectivity index (χ1n) is 5.86. The standard InChI is InChI=1S/C16H11BrO2S/c17-13-8-9-14(16(18)19)15(11-13)20-10-4-7-12-5-2-1-3-6-12/h1-3,5-6,8-9,11H,10H2,(H,18,19). The van der Waals surface area contributed by atoms with Crippen LogP contribution in [0, 0.1) is 11.8 Å². The molecule has 0 bridgehead atoms. The van der Waals surface area contributed by atoms with Crippen molar-refractivity contribution < 1.29 is 9.90 Å². The minimum atomic E-state index is -0.920. The summed E-state index contributed by atoms with van der Waals surface area (Å²) in [7, 11) is 0. The zero-order valence-corrected chi connectivity index (χ0v) is 12.9. The summed E-state index contributed by atoms with van der Waals surface area (Å²) in [5, 5.41) is 9.13. The van der Waals surface area contributed by atoms with Gasteiger partial charge in [0.25, 0.3) is 0 Å². The van der Waals surface area contributed by atoms with Crippen LogP contribution >= 0.6 is 27.7 Å². The average molecular weight is 347 g/mol. The number of hydrogen-bond acceptors (Lipinski definition) is 2. The smallest absolute Gasteiger partial charge is 0.336 e. The number of carboxylic acid groups (broad SMARTS) is 1. The van der Waals surface area contributed by atoms with Crippen LogP contribution in [-0.2, 0) is 0 Å². The van der Waals surface area contributed by atoms with E-state index < -0.39 is 5.97 Å². The van der Waals surface area contributed by atoms with E-state index in [9.17, 15) is 4.79 Å². The van der Waals surface area contributed by atoms with Crippen LogP contribution in [-0.4, -0.2) is 16.8 Å². The molecule has 0 atom stereocenters. The summed E-state index contributed by atoms with van der Waals surface area (Å²) in [6.07, 6.45) is 0. The van der Waals surface area contributed by atoms with Crippen molar-refractivity contribution in [1.82, 2.24) is 0 Å². The molecule has 1 N–H and O–H groups in total. The number of hydrogen-bond donors (Lipinski definition) is 1. The van der Waals surface area contributed by atoms with Crippen molar-refractivity contribution in [2.45, 2.75) is 4.90 Å². The minimum Gasteiger partial charge on any atom is -0.478 e. The maximum atomic E-state index is 11.1. The van der Waals surface area contributed by atoms with E-state index in [2.05, 4.69) is 27.8 Å². The first-order valence-corrected chi connectivity index (χ1v) is 7.64. The summed E-state index contributed by atoms with van der Waals surface area (Å²) in [5.74, 6) is 5.72. The van der Waals surface area contributed by atoms with Crippen LogP contribution in [0.3, 0.4) is 0 Å². The van der Waals surface area contributed by atoms with Gasteiger partial charge in [0.2, 0.25) is 0 Å². The van der Waals surface area contributed by atoms with Gasteiger partial charge in [0, 0.05) is 14.9 Å². The third-order valence-electron chi connectivity index (χ3n) is 2.48. The van der Waals surface area contributed by atoms with Crippen molar-refractivity contribution >= 4 is 33.7 Å². The summed E-state index contributed by atoms with van der Waals surface area (Å²) < 4.78 is 0.862. The van der Waals surface area contributed by atoms with Crippen LogP contribution < -0.4 is 0 Å². The van der Waals surface area contributed by atoms with Gasteiger partial charge in [-0.15, -0.1) is 11.8 Å². The molecule has 2 nitrogen and oxygen atoms in total. The molecule has 0 aromatic heterocycles. The molecular weight excluding hydrogens is 336 g/mol. The van der Waals surface area contributed by atoms with Gasteiger partial charge in [0.05, 0.1) is 11.3 Å². The minimum absolute atomic E-state index is 0.305. The monoisotopic (exact) mass is 346 g/mol. The van der Waals surface area contributed by atoms with Crippen LogP contribution in [0.2, 0.25) is 0 Å². The maximum absolute atomic E-state index is 11.1. The number of carbonyl (C=O) groups is 1. The molecule has 0 saturated heterocycles. The molecule has 0 radical (unpaired) electrons. The van der Waals surface area contributed by atoms with Crippen molar-refractivity contribution in [3.05, 3.63) is 64.1 Å². The van der Waals surface area contributed by atoms with Crippen molar-refractivity contribution in [1.29, 1.82) is 0 Å². The molecule has 0 fully saturated rings. The van der Waals surface area contributed by atoms with Gasteiger partial charge in [-0.2, -0.15) is 0 Å². The van der Waals surface area contributed by atoms with E-state index in [1.165, 1.54) is 11.8 Å². The third-order valence-corrected chi connectivity index (χ3v) is 3.91. The molecule has 0 heterocycles. The van der Waals surface area contributed by atoms with Crippen molar-refractivity contribution in [3.63, 3.8) is 0 Å². The largest absolute Gasteiger partial charge is 0.478 e. The van der Waals surface area contributed by atoms with Crippen molar-refractivity contribution in [2.24, 2.45) is 0 Å². The highest BCUT2D eigenvalue weighted by atomic mass is 79.9. The van der Waals surface area contributed by atoms with Gasteiger partial charge in [-0.1, -0.05) is 46.0 Å². The molecule has 0 aliphatic rings. The first-order chi connectivity index (χ1) is 9.66. The molecule has 0 spiro atoms. The molecule has 100 valence electrons. The number of rotatable bonds is 3. The van der Waals surface area contributed by atoms with Gasteiger partial charge < -0.3 is 5.11 Å². The summed E-state index contributed by atoms with van der Waals surface area (Å²) >= 11 is 4.77. The molecule has 2 aromatic rings. The number of carboxylic acids is 1. The number of aromatic carboxylic acids is 1. The fourth-order valence-electron chi connectivity index (χ4n) is 1.57. The molecule has 2 rings (SSSR count). The van der Waals surface area contributed by atoms with Gasteiger partial charge in [0.15, 0.2) is 0 Å². The molecule has 4 heteroatoms. The highest BCUT2D eigenvalue weighted by Gasteiger charge is 2.10. The Hall–Kier alpha value is -1.70. The fourth-order valence-corrected chi connectivity index (χ4v) is 2.90. The normalized spacial score (nSPS) is 9.65. The topological polar surface area (TPSA) is 37.3 Å². The Morgan fingerprint density at radius 1 is 1.20 bits per heavy atom. The second-order valence-corrected chi connectivity index (χ2v) is 5.83.